The molecule has 0 aliphatic carbocycles. The van der Waals surface area contributed by atoms with Gasteiger partial charge in [0.25, 0.3) is 5.91 Å². The summed E-state index contributed by atoms with van der Waals surface area (Å²) < 4.78 is 7.33. The van der Waals surface area contributed by atoms with E-state index in [2.05, 4.69) is 28.4 Å². The number of amides is 1. The maximum Gasteiger partial charge on any atom is 0.262 e. The average Bonchev–Trinajstić information content (AvgIpc) is 3.26. The van der Waals surface area contributed by atoms with Crippen LogP contribution in [-0.2, 0) is 4.79 Å². The fourth-order valence-electron chi connectivity index (χ4n) is 3.42. The van der Waals surface area contributed by atoms with Gasteiger partial charge >= 0.3 is 0 Å². The standard InChI is InChI=1S/C25H18N6O2S/c1-16(18-6-4-17(12-26)5-7-18)30-31-22(15-34-25(31)28-20-3-2-10-27-13-20)19-8-9-23-21(11-19)29-24(32)14-33-23/h2-11,13,15,30H,1,14H2,(H,29,32). The third kappa shape index (κ3) is 4.30. The number of benzene rings is 2. The van der Waals surface area contributed by atoms with Gasteiger partial charge in [0, 0.05) is 17.1 Å². The number of carbonyl (C=O) groups is 1. The Morgan fingerprint density at radius 2 is 2.12 bits per heavy atom. The van der Waals surface area contributed by atoms with Gasteiger partial charge in [-0.25, -0.2) is 9.67 Å². The number of carbonyl (C=O) groups excluding carboxylic acids is 1. The molecule has 1 aliphatic rings. The molecule has 2 aromatic carbocycles. The van der Waals surface area contributed by atoms with Crippen molar-refractivity contribution in [2.45, 2.75) is 0 Å². The maximum atomic E-state index is 11.8. The molecule has 3 heterocycles. The third-order valence-corrected chi connectivity index (χ3v) is 5.92. The minimum absolute atomic E-state index is 0.00487. The second-order valence-electron chi connectivity index (χ2n) is 7.39. The Morgan fingerprint density at radius 3 is 2.88 bits per heavy atom. The fraction of sp³-hybridized carbons (Fsp3) is 0.0400. The van der Waals surface area contributed by atoms with E-state index in [1.165, 1.54) is 11.3 Å². The lowest BCUT2D eigenvalue weighted by Gasteiger charge is -2.19. The number of nitrogens with one attached hydrogen (secondary N) is 2. The lowest BCUT2D eigenvalue weighted by molar-refractivity contribution is -0.118. The molecule has 4 aromatic rings. The van der Waals surface area contributed by atoms with Crippen LogP contribution in [0.1, 0.15) is 11.1 Å². The second kappa shape index (κ2) is 9.05. The van der Waals surface area contributed by atoms with Gasteiger partial charge in [-0.1, -0.05) is 18.7 Å². The van der Waals surface area contributed by atoms with E-state index in [9.17, 15) is 4.79 Å². The average molecular weight is 467 g/mol. The molecular formula is C25H18N6O2S. The van der Waals surface area contributed by atoms with Gasteiger partial charge in [0.15, 0.2) is 6.61 Å². The van der Waals surface area contributed by atoms with Gasteiger partial charge < -0.3 is 10.1 Å². The van der Waals surface area contributed by atoms with E-state index in [1.54, 1.807) is 24.5 Å². The first-order valence-corrected chi connectivity index (χ1v) is 11.2. The molecule has 34 heavy (non-hydrogen) atoms. The molecule has 5 rings (SSSR count). The molecule has 0 saturated heterocycles. The molecule has 166 valence electrons. The van der Waals surface area contributed by atoms with E-state index in [0.717, 1.165) is 16.8 Å². The SMILES string of the molecule is C=C(Nn1c(-c2ccc3c(c2)NC(=O)CO3)csc1=Nc1cccnc1)c1ccc(C#N)cc1. The van der Waals surface area contributed by atoms with Gasteiger partial charge in [-0.2, -0.15) is 5.26 Å². The predicted molar refractivity (Wildman–Crippen MR) is 131 cm³/mol. The molecule has 0 spiro atoms. The van der Waals surface area contributed by atoms with Gasteiger partial charge in [-0.15, -0.1) is 11.3 Å². The summed E-state index contributed by atoms with van der Waals surface area (Å²) >= 11 is 1.45. The van der Waals surface area contributed by atoms with Crippen LogP contribution in [0.3, 0.4) is 0 Å². The van der Waals surface area contributed by atoms with Crippen LogP contribution in [0.5, 0.6) is 5.75 Å². The monoisotopic (exact) mass is 466 g/mol. The molecule has 0 unspecified atom stereocenters. The van der Waals surface area contributed by atoms with Crippen molar-refractivity contribution in [3.63, 3.8) is 0 Å². The minimum atomic E-state index is -0.192. The summed E-state index contributed by atoms with van der Waals surface area (Å²) in [5.41, 5.74) is 8.38. The summed E-state index contributed by atoms with van der Waals surface area (Å²) in [7, 11) is 0. The first kappa shape index (κ1) is 21.2. The molecule has 0 atom stereocenters. The quantitative estimate of drug-likeness (QED) is 0.457. The van der Waals surface area contributed by atoms with Crippen LogP contribution >= 0.6 is 11.3 Å². The van der Waals surface area contributed by atoms with Crippen molar-refractivity contribution in [3.05, 3.63) is 94.9 Å². The largest absolute Gasteiger partial charge is 0.482 e. The number of nitrogens with zero attached hydrogens (tertiary/aromatic N) is 4. The van der Waals surface area contributed by atoms with E-state index in [0.29, 0.717) is 33.2 Å². The molecular weight excluding hydrogens is 448 g/mol. The summed E-state index contributed by atoms with van der Waals surface area (Å²) in [4.78, 5) is 21.3. The molecule has 0 radical (unpaired) electrons. The van der Waals surface area contributed by atoms with E-state index in [-0.39, 0.29) is 12.5 Å². The number of rotatable bonds is 5. The maximum absolute atomic E-state index is 11.8. The third-order valence-electron chi connectivity index (χ3n) is 5.10. The number of ether oxygens (including phenoxy) is 1. The van der Waals surface area contributed by atoms with Crippen LogP contribution < -0.4 is 20.3 Å². The zero-order valence-corrected chi connectivity index (χ0v) is 18.7. The van der Waals surface area contributed by atoms with Gasteiger partial charge in [0.2, 0.25) is 4.80 Å². The Morgan fingerprint density at radius 1 is 1.26 bits per heavy atom. The highest BCUT2D eigenvalue weighted by Gasteiger charge is 2.18. The molecule has 9 heteroatoms. The van der Waals surface area contributed by atoms with Gasteiger partial charge in [-0.3, -0.25) is 15.2 Å². The zero-order chi connectivity index (χ0) is 23.5. The highest BCUT2D eigenvalue weighted by atomic mass is 32.1. The molecule has 2 aromatic heterocycles. The zero-order valence-electron chi connectivity index (χ0n) is 17.9. The number of thiazole rings is 1. The van der Waals surface area contributed by atoms with Gasteiger partial charge in [0.1, 0.15) is 5.75 Å². The van der Waals surface area contributed by atoms with Gasteiger partial charge in [0.05, 0.1) is 40.6 Å². The van der Waals surface area contributed by atoms with E-state index in [4.69, 9.17) is 15.0 Å². The highest BCUT2D eigenvalue weighted by molar-refractivity contribution is 7.07. The highest BCUT2D eigenvalue weighted by Crippen LogP contribution is 2.33. The van der Waals surface area contributed by atoms with Crippen LogP contribution in [0.4, 0.5) is 11.4 Å². The Bertz CT molecular complexity index is 1500. The Labute approximate surface area is 199 Å². The minimum Gasteiger partial charge on any atom is -0.482 e. The lowest BCUT2D eigenvalue weighted by Crippen LogP contribution is -2.26. The number of aromatic nitrogens is 2. The normalized spacial score (nSPS) is 12.8. The van der Waals surface area contributed by atoms with Crippen molar-refractivity contribution in [2.24, 2.45) is 4.99 Å². The van der Waals surface area contributed by atoms with Crippen LogP contribution in [0.25, 0.3) is 17.0 Å². The smallest absolute Gasteiger partial charge is 0.262 e. The van der Waals surface area contributed by atoms with Crippen LogP contribution in [0, 0.1) is 11.3 Å². The fourth-order valence-corrected chi connectivity index (χ4v) is 4.28. The van der Waals surface area contributed by atoms with Crippen LogP contribution in [0.15, 0.2) is 83.9 Å². The summed E-state index contributed by atoms with van der Waals surface area (Å²) in [6.45, 7) is 4.18. The van der Waals surface area contributed by atoms with Crippen molar-refractivity contribution in [1.29, 1.82) is 5.26 Å². The van der Waals surface area contributed by atoms with Crippen molar-refractivity contribution >= 4 is 34.3 Å². The summed E-state index contributed by atoms with van der Waals surface area (Å²) in [5, 5.41) is 13.9. The Balaban J connectivity index is 1.58. The summed E-state index contributed by atoms with van der Waals surface area (Å²) in [6, 6.07) is 18.6. The Kier molecular flexibility index (Phi) is 5.64. The summed E-state index contributed by atoms with van der Waals surface area (Å²) in [6.07, 6.45) is 3.38. The predicted octanol–water partition coefficient (Wildman–Crippen LogP) is 4.26. The van der Waals surface area contributed by atoms with Crippen molar-refractivity contribution in [3.8, 4) is 23.1 Å². The molecule has 8 nitrogen and oxygen atoms in total. The molecule has 0 fully saturated rings. The molecule has 1 amide bonds. The summed E-state index contributed by atoms with van der Waals surface area (Å²) in [5.74, 6) is 0.433. The van der Waals surface area contributed by atoms with Crippen LogP contribution in [-0.4, -0.2) is 22.2 Å². The number of hydrogen-bond acceptors (Lipinski definition) is 7. The van der Waals surface area contributed by atoms with Crippen molar-refractivity contribution in [1.82, 2.24) is 9.66 Å². The number of fused-ring (bicyclic) bond motifs is 1. The topological polar surface area (TPSA) is 104 Å². The van der Waals surface area contributed by atoms with Crippen molar-refractivity contribution < 1.29 is 9.53 Å². The second-order valence-corrected chi connectivity index (χ2v) is 8.23. The number of nitriles is 1. The molecule has 0 bridgehead atoms. The van der Waals surface area contributed by atoms with E-state index >= 15 is 0 Å². The van der Waals surface area contributed by atoms with Crippen molar-refractivity contribution in [2.75, 3.05) is 17.3 Å². The van der Waals surface area contributed by atoms with Crippen LogP contribution in [0.2, 0.25) is 0 Å². The van der Waals surface area contributed by atoms with E-state index < -0.39 is 0 Å². The van der Waals surface area contributed by atoms with Gasteiger partial charge in [-0.05, 0) is 48.0 Å². The molecule has 1 aliphatic heterocycles. The molecule has 2 N–H and O–H groups in total. The number of anilines is 1. The number of hydrogen-bond donors (Lipinski definition) is 2. The lowest BCUT2D eigenvalue weighted by atomic mass is 10.1. The van der Waals surface area contributed by atoms with E-state index in [1.807, 2.05) is 52.5 Å². The Hall–Kier alpha value is -4.68. The first-order valence-electron chi connectivity index (χ1n) is 10.3. The first-order chi connectivity index (χ1) is 16.6. The molecule has 0 saturated carbocycles. The number of pyridine rings is 1.